The van der Waals surface area contributed by atoms with E-state index >= 15 is 0 Å². The van der Waals surface area contributed by atoms with E-state index in [1.807, 2.05) is 12.2 Å². The number of hydrogen-bond donors (Lipinski definition) is 0. The van der Waals surface area contributed by atoms with E-state index in [0.29, 0.717) is 6.42 Å². The lowest BCUT2D eigenvalue weighted by molar-refractivity contribution is -0.384. The summed E-state index contributed by atoms with van der Waals surface area (Å²) in [6.07, 6.45) is 4.00. The van der Waals surface area contributed by atoms with E-state index < -0.39 is 46.8 Å². The van der Waals surface area contributed by atoms with Crippen molar-refractivity contribution in [3.05, 3.63) is 85.9 Å². The van der Waals surface area contributed by atoms with Crippen LogP contribution in [0.1, 0.15) is 34.1 Å². The molecule has 2 aliphatic rings. The van der Waals surface area contributed by atoms with Crippen LogP contribution in [0.4, 0.5) is 5.69 Å². The average Bonchev–Trinajstić information content (AvgIpc) is 3.09. The zero-order valence-electron chi connectivity index (χ0n) is 18.4. The average molecular weight is 516 g/mol. The molecule has 0 bridgehead atoms. The quantitative estimate of drug-likeness (QED) is 0.185. The summed E-state index contributed by atoms with van der Waals surface area (Å²) in [6.45, 7) is 1.11. The van der Waals surface area contributed by atoms with Crippen molar-refractivity contribution in [3.8, 4) is 0 Å². The predicted octanol–water partition coefficient (Wildman–Crippen LogP) is 4.34. The third-order valence-electron chi connectivity index (χ3n) is 6.16. The standard InChI is InChI=1S/C24H19Cl2N3O6/c1-13-4-2-7-17-21(13)24(33)28(23(17)32)27(22(31)15-8-9-18(25)19(26)11-15)12-20(30)14-5-3-6-16(10-14)29(34)35/h2-6,8-11,13,17,21H,7,12H2,1H3/t13-,17+,21-/m1/s1. The molecule has 0 radical (unpaired) electrons. The van der Waals surface area contributed by atoms with Crippen molar-refractivity contribution in [3.63, 3.8) is 0 Å². The third-order valence-corrected chi connectivity index (χ3v) is 6.90. The van der Waals surface area contributed by atoms with Crippen LogP contribution in [-0.2, 0) is 9.59 Å². The Morgan fingerprint density at radius 2 is 1.83 bits per heavy atom. The summed E-state index contributed by atoms with van der Waals surface area (Å²) in [5.41, 5.74) is -0.344. The molecule has 2 aromatic carbocycles. The number of benzene rings is 2. The van der Waals surface area contributed by atoms with Crippen molar-refractivity contribution in [1.29, 1.82) is 0 Å². The molecule has 0 aromatic heterocycles. The molecular formula is C24H19Cl2N3O6. The summed E-state index contributed by atoms with van der Waals surface area (Å²) in [7, 11) is 0. The van der Waals surface area contributed by atoms with E-state index in [1.54, 1.807) is 6.92 Å². The van der Waals surface area contributed by atoms with Crippen LogP contribution in [0.25, 0.3) is 0 Å². The van der Waals surface area contributed by atoms with Gasteiger partial charge in [0.15, 0.2) is 5.78 Å². The first-order valence-corrected chi connectivity index (χ1v) is 11.4. The number of allylic oxidation sites excluding steroid dienone is 2. The molecule has 1 aliphatic heterocycles. The molecule has 3 atom stereocenters. The first-order chi connectivity index (χ1) is 16.6. The number of halogens is 2. The second-order valence-corrected chi connectivity index (χ2v) is 9.18. The fourth-order valence-corrected chi connectivity index (χ4v) is 4.70. The van der Waals surface area contributed by atoms with Crippen molar-refractivity contribution in [1.82, 2.24) is 10.0 Å². The fourth-order valence-electron chi connectivity index (χ4n) is 4.40. The third kappa shape index (κ3) is 4.56. The molecule has 1 aliphatic carbocycles. The maximum Gasteiger partial charge on any atom is 0.273 e. The number of carbonyl (C=O) groups is 4. The van der Waals surface area contributed by atoms with Gasteiger partial charge in [0.25, 0.3) is 23.4 Å². The highest BCUT2D eigenvalue weighted by atomic mass is 35.5. The summed E-state index contributed by atoms with van der Waals surface area (Å²) >= 11 is 12.0. The minimum Gasteiger partial charge on any atom is -0.292 e. The van der Waals surface area contributed by atoms with Crippen LogP contribution >= 0.6 is 23.2 Å². The van der Waals surface area contributed by atoms with Crippen molar-refractivity contribution in [2.45, 2.75) is 13.3 Å². The minimum absolute atomic E-state index is 0.00730. The molecule has 0 unspecified atom stereocenters. The second kappa shape index (κ2) is 9.59. The highest BCUT2D eigenvalue weighted by Gasteiger charge is 2.53. The van der Waals surface area contributed by atoms with Gasteiger partial charge in [0.1, 0.15) is 6.54 Å². The number of nitrogens with zero attached hydrogens (tertiary/aromatic N) is 3. The molecule has 1 fully saturated rings. The van der Waals surface area contributed by atoms with Gasteiger partial charge in [-0.25, -0.2) is 5.01 Å². The number of amides is 3. The maximum absolute atomic E-state index is 13.5. The van der Waals surface area contributed by atoms with Crippen LogP contribution < -0.4 is 0 Å². The summed E-state index contributed by atoms with van der Waals surface area (Å²) in [5, 5.41) is 12.9. The number of nitro benzene ring substituents is 1. The van der Waals surface area contributed by atoms with E-state index in [1.165, 1.54) is 36.4 Å². The number of non-ortho nitro benzene ring substituents is 1. The van der Waals surface area contributed by atoms with E-state index in [4.69, 9.17) is 23.2 Å². The number of hydrogen-bond acceptors (Lipinski definition) is 6. The topological polar surface area (TPSA) is 118 Å². The Kier molecular flexibility index (Phi) is 6.73. The number of fused-ring (bicyclic) bond motifs is 1. The van der Waals surface area contributed by atoms with Gasteiger partial charge >= 0.3 is 0 Å². The van der Waals surface area contributed by atoms with Gasteiger partial charge in [-0.05, 0) is 30.5 Å². The van der Waals surface area contributed by atoms with Gasteiger partial charge in [0, 0.05) is 23.3 Å². The Bertz CT molecular complexity index is 1290. The van der Waals surface area contributed by atoms with Gasteiger partial charge in [-0.3, -0.25) is 29.3 Å². The first-order valence-electron chi connectivity index (χ1n) is 10.7. The lowest BCUT2D eigenvalue weighted by Crippen LogP contribution is -2.52. The molecule has 180 valence electrons. The smallest absolute Gasteiger partial charge is 0.273 e. The minimum atomic E-state index is -0.816. The number of carbonyl (C=O) groups excluding carboxylic acids is 4. The Morgan fingerprint density at radius 3 is 2.49 bits per heavy atom. The molecule has 9 nitrogen and oxygen atoms in total. The van der Waals surface area contributed by atoms with Crippen LogP contribution in [0.5, 0.6) is 0 Å². The van der Waals surface area contributed by atoms with Gasteiger partial charge in [0.05, 0.1) is 26.8 Å². The normalized spacial score (nSPS) is 21.1. The summed E-state index contributed by atoms with van der Waals surface area (Å²) in [4.78, 5) is 63.7. The van der Waals surface area contributed by atoms with Gasteiger partial charge in [-0.2, -0.15) is 5.01 Å². The molecular weight excluding hydrogens is 497 g/mol. The van der Waals surface area contributed by atoms with Crippen molar-refractivity contribution in [2.24, 2.45) is 17.8 Å². The summed E-state index contributed by atoms with van der Waals surface area (Å²) in [5.74, 6) is -4.23. The van der Waals surface area contributed by atoms with Crippen LogP contribution in [0.15, 0.2) is 54.6 Å². The zero-order chi connectivity index (χ0) is 25.4. The second-order valence-electron chi connectivity index (χ2n) is 8.37. The maximum atomic E-state index is 13.5. The van der Waals surface area contributed by atoms with Crippen LogP contribution in [0, 0.1) is 27.9 Å². The summed E-state index contributed by atoms with van der Waals surface area (Å²) < 4.78 is 0. The largest absolute Gasteiger partial charge is 0.292 e. The van der Waals surface area contributed by atoms with E-state index in [-0.39, 0.29) is 32.8 Å². The number of rotatable bonds is 6. The van der Waals surface area contributed by atoms with Gasteiger partial charge in [-0.1, -0.05) is 54.4 Å². The number of Topliss-reactive ketones (excluding diaryl/α,β-unsaturated/α-hetero) is 1. The van der Waals surface area contributed by atoms with Crippen molar-refractivity contribution in [2.75, 3.05) is 6.54 Å². The number of ketones is 1. The fraction of sp³-hybridized carbons (Fsp3) is 0.250. The number of nitro groups is 1. The molecule has 0 saturated carbocycles. The molecule has 11 heteroatoms. The highest BCUT2D eigenvalue weighted by Crippen LogP contribution is 2.39. The Hall–Kier alpha value is -3.56. The van der Waals surface area contributed by atoms with Crippen LogP contribution in [-0.4, -0.2) is 45.0 Å². The zero-order valence-corrected chi connectivity index (χ0v) is 19.9. The van der Waals surface area contributed by atoms with Gasteiger partial charge in [-0.15, -0.1) is 0 Å². The molecule has 1 saturated heterocycles. The van der Waals surface area contributed by atoms with E-state index in [9.17, 15) is 29.3 Å². The van der Waals surface area contributed by atoms with Crippen LogP contribution in [0.2, 0.25) is 10.0 Å². The van der Waals surface area contributed by atoms with Crippen LogP contribution in [0.3, 0.4) is 0 Å². The van der Waals surface area contributed by atoms with Crippen molar-refractivity contribution >= 4 is 52.4 Å². The Labute approximate surface area is 210 Å². The number of imide groups is 1. The highest BCUT2D eigenvalue weighted by molar-refractivity contribution is 6.42. The Morgan fingerprint density at radius 1 is 1.09 bits per heavy atom. The predicted molar refractivity (Wildman–Crippen MR) is 127 cm³/mol. The van der Waals surface area contributed by atoms with E-state index in [2.05, 4.69) is 0 Å². The van der Waals surface area contributed by atoms with Gasteiger partial charge < -0.3 is 0 Å². The van der Waals surface area contributed by atoms with Crippen molar-refractivity contribution < 1.29 is 24.1 Å². The monoisotopic (exact) mass is 515 g/mol. The molecule has 4 rings (SSSR count). The van der Waals surface area contributed by atoms with Gasteiger partial charge in [0.2, 0.25) is 0 Å². The lowest BCUT2D eigenvalue weighted by Gasteiger charge is -2.30. The molecule has 0 spiro atoms. The summed E-state index contributed by atoms with van der Waals surface area (Å²) in [6, 6.07) is 9.02. The molecule has 3 amide bonds. The Balaban J connectivity index is 1.73. The molecule has 0 N–H and O–H groups in total. The lowest BCUT2D eigenvalue weighted by atomic mass is 9.78. The molecule has 1 heterocycles. The first kappa shape index (κ1) is 24.6. The SMILES string of the molecule is C[C@@H]1C=CC[C@@H]2C(=O)N(N(CC(=O)c3cccc([N+](=O)[O-])c3)C(=O)c3ccc(Cl)c(Cl)c3)C(=O)[C@H]12. The van der Waals surface area contributed by atoms with E-state index in [0.717, 1.165) is 16.1 Å². The molecule has 2 aromatic rings. The molecule has 35 heavy (non-hydrogen) atoms. The number of hydrazine groups is 1.